The molecule has 0 aliphatic rings. The molecule has 1 aromatic heterocycles. The van der Waals surface area contributed by atoms with E-state index in [-0.39, 0.29) is 5.75 Å². The Bertz CT molecular complexity index is 460. The summed E-state index contributed by atoms with van der Waals surface area (Å²) < 4.78 is 26.4. The van der Waals surface area contributed by atoms with Crippen molar-refractivity contribution in [2.24, 2.45) is 0 Å². The number of aromatic nitrogens is 1. The topological polar surface area (TPSA) is 59.1 Å². The van der Waals surface area contributed by atoms with Gasteiger partial charge >= 0.3 is 0 Å². The molecular formula is C10H15BrN2O2S. The maximum Gasteiger partial charge on any atom is 0.233 e. The molecule has 16 heavy (non-hydrogen) atoms. The molecule has 0 bridgehead atoms. The lowest BCUT2D eigenvalue weighted by Gasteiger charge is -2.10. The van der Waals surface area contributed by atoms with Crippen molar-refractivity contribution in [3.05, 3.63) is 22.3 Å². The Morgan fingerprint density at radius 3 is 2.62 bits per heavy atom. The van der Waals surface area contributed by atoms with Crippen molar-refractivity contribution in [1.82, 2.24) is 4.98 Å². The van der Waals surface area contributed by atoms with Gasteiger partial charge in [0.05, 0.1) is 5.75 Å². The molecule has 0 aromatic carbocycles. The van der Waals surface area contributed by atoms with Crippen molar-refractivity contribution < 1.29 is 8.42 Å². The van der Waals surface area contributed by atoms with Crippen LogP contribution in [0.1, 0.15) is 25.8 Å². The van der Waals surface area contributed by atoms with Crippen molar-refractivity contribution in [3.63, 3.8) is 0 Å². The quantitative estimate of drug-likeness (QED) is 0.851. The normalized spacial score (nSPS) is 11.4. The predicted molar refractivity (Wildman–Crippen MR) is 69.0 cm³/mol. The van der Waals surface area contributed by atoms with Gasteiger partial charge in [-0.3, -0.25) is 4.72 Å². The van der Waals surface area contributed by atoms with Gasteiger partial charge in [0.15, 0.2) is 0 Å². The van der Waals surface area contributed by atoms with Crippen LogP contribution in [-0.4, -0.2) is 19.2 Å². The average Bonchev–Trinajstić information content (AvgIpc) is 2.17. The number of nitrogens with zero attached hydrogens (tertiary/aromatic N) is 1. The second-order valence-corrected chi connectivity index (χ2v) is 6.07. The third-order valence-corrected chi connectivity index (χ3v) is 3.94. The zero-order chi connectivity index (χ0) is 12.2. The van der Waals surface area contributed by atoms with E-state index < -0.39 is 10.0 Å². The first kappa shape index (κ1) is 13.4. The van der Waals surface area contributed by atoms with E-state index in [1.807, 2.05) is 19.9 Å². The highest BCUT2D eigenvalue weighted by molar-refractivity contribution is 9.10. The fourth-order valence-corrected chi connectivity index (χ4v) is 2.73. The number of sulfonamides is 1. The van der Waals surface area contributed by atoms with Crippen LogP contribution < -0.4 is 4.72 Å². The molecule has 1 heterocycles. The van der Waals surface area contributed by atoms with E-state index in [1.54, 1.807) is 6.07 Å². The molecule has 4 nitrogen and oxygen atoms in total. The minimum atomic E-state index is -3.27. The van der Waals surface area contributed by atoms with Gasteiger partial charge in [0, 0.05) is 0 Å². The summed E-state index contributed by atoms with van der Waals surface area (Å²) in [6.45, 7) is 3.79. The molecule has 0 atom stereocenters. The van der Waals surface area contributed by atoms with Gasteiger partial charge in [-0.25, -0.2) is 13.4 Å². The van der Waals surface area contributed by atoms with Crippen molar-refractivity contribution in [2.75, 3.05) is 10.5 Å². The third-order valence-electron chi connectivity index (χ3n) is 2.05. The van der Waals surface area contributed by atoms with Gasteiger partial charge in [-0.05, 0) is 40.4 Å². The standard InChI is InChI=1S/C10H15BrN2O2S/c1-3-7-16(14,15)13-10-8(4-2)5-6-9(11)12-10/h5-6H,3-4,7H2,1-2H3,(H,12,13). The van der Waals surface area contributed by atoms with E-state index in [0.29, 0.717) is 16.8 Å². The monoisotopic (exact) mass is 306 g/mol. The minimum Gasteiger partial charge on any atom is -0.267 e. The first-order valence-electron chi connectivity index (χ1n) is 5.14. The summed E-state index contributed by atoms with van der Waals surface area (Å²) in [7, 11) is -3.27. The summed E-state index contributed by atoms with van der Waals surface area (Å²) in [6.07, 6.45) is 1.33. The Labute approximate surface area is 105 Å². The van der Waals surface area contributed by atoms with E-state index in [1.165, 1.54) is 0 Å². The molecule has 0 aliphatic heterocycles. The van der Waals surface area contributed by atoms with Crippen LogP contribution in [-0.2, 0) is 16.4 Å². The Kier molecular flexibility index (Phi) is 4.73. The Morgan fingerprint density at radius 2 is 2.06 bits per heavy atom. The van der Waals surface area contributed by atoms with Crippen LogP contribution in [0.15, 0.2) is 16.7 Å². The van der Waals surface area contributed by atoms with Crippen LogP contribution in [0.25, 0.3) is 0 Å². The fourth-order valence-electron chi connectivity index (χ4n) is 1.30. The Morgan fingerprint density at radius 1 is 1.38 bits per heavy atom. The van der Waals surface area contributed by atoms with Crippen LogP contribution in [0.3, 0.4) is 0 Å². The highest BCUT2D eigenvalue weighted by Gasteiger charge is 2.12. The van der Waals surface area contributed by atoms with Gasteiger partial charge in [-0.2, -0.15) is 0 Å². The van der Waals surface area contributed by atoms with Gasteiger partial charge in [-0.1, -0.05) is 19.9 Å². The minimum absolute atomic E-state index is 0.115. The van der Waals surface area contributed by atoms with E-state index in [0.717, 1.165) is 12.0 Å². The molecule has 90 valence electrons. The number of anilines is 1. The van der Waals surface area contributed by atoms with E-state index in [4.69, 9.17) is 0 Å². The number of aryl methyl sites for hydroxylation is 1. The highest BCUT2D eigenvalue weighted by atomic mass is 79.9. The largest absolute Gasteiger partial charge is 0.267 e. The van der Waals surface area contributed by atoms with Crippen LogP contribution >= 0.6 is 15.9 Å². The third kappa shape index (κ3) is 3.75. The van der Waals surface area contributed by atoms with Crippen molar-refractivity contribution in [1.29, 1.82) is 0 Å². The predicted octanol–water partition coefficient (Wildman–Crippen LogP) is 2.56. The zero-order valence-corrected chi connectivity index (χ0v) is 11.7. The molecule has 1 aromatic rings. The molecule has 0 saturated carbocycles. The molecule has 6 heteroatoms. The fraction of sp³-hybridized carbons (Fsp3) is 0.500. The van der Waals surface area contributed by atoms with E-state index in [9.17, 15) is 8.42 Å². The van der Waals surface area contributed by atoms with Crippen molar-refractivity contribution in [2.45, 2.75) is 26.7 Å². The lowest BCUT2D eigenvalue weighted by molar-refractivity contribution is 0.599. The number of hydrogen-bond acceptors (Lipinski definition) is 3. The maximum absolute atomic E-state index is 11.6. The molecule has 0 aliphatic carbocycles. The SMILES string of the molecule is CCCS(=O)(=O)Nc1nc(Br)ccc1CC. The highest BCUT2D eigenvalue weighted by Crippen LogP contribution is 2.18. The second-order valence-electron chi connectivity index (χ2n) is 3.42. The first-order chi connectivity index (χ1) is 7.48. The summed E-state index contributed by atoms with van der Waals surface area (Å²) in [5, 5.41) is 0. The van der Waals surface area contributed by atoms with Crippen LogP contribution in [0, 0.1) is 0 Å². The maximum atomic E-state index is 11.6. The number of halogens is 1. The number of pyridine rings is 1. The average molecular weight is 307 g/mol. The van der Waals surface area contributed by atoms with Crippen LogP contribution in [0.2, 0.25) is 0 Å². The van der Waals surface area contributed by atoms with Crippen molar-refractivity contribution in [3.8, 4) is 0 Å². The molecule has 0 saturated heterocycles. The van der Waals surface area contributed by atoms with Gasteiger partial charge < -0.3 is 0 Å². The summed E-state index contributed by atoms with van der Waals surface area (Å²) >= 11 is 3.23. The molecular weight excluding hydrogens is 292 g/mol. The molecule has 0 radical (unpaired) electrons. The van der Waals surface area contributed by atoms with Gasteiger partial charge in [0.1, 0.15) is 10.4 Å². The van der Waals surface area contributed by atoms with E-state index >= 15 is 0 Å². The number of rotatable bonds is 5. The van der Waals surface area contributed by atoms with Gasteiger partial charge in [-0.15, -0.1) is 0 Å². The number of hydrogen-bond donors (Lipinski definition) is 1. The molecule has 0 unspecified atom stereocenters. The molecule has 0 fully saturated rings. The smallest absolute Gasteiger partial charge is 0.233 e. The lowest BCUT2D eigenvalue weighted by atomic mass is 10.2. The van der Waals surface area contributed by atoms with Crippen molar-refractivity contribution >= 4 is 31.8 Å². The first-order valence-corrected chi connectivity index (χ1v) is 7.59. The van der Waals surface area contributed by atoms with Gasteiger partial charge in [0.25, 0.3) is 0 Å². The number of nitrogens with one attached hydrogen (secondary N) is 1. The molecule has 1 N–H and O–H groups in total. The van der Waals surface area contributed by atoms with Crippen LogP contribution in [0.5, 0.6) is 0 Å². The zero-order valence-electron chi connectivity index (χ0n) is 9.33. The van der Waals surface area contributed by atoms with E-state index in [2.05, 4.69) is 25.6 Å². The summed E-state index contributed by atoms with van der Waals surface area (Å²) in [6, 6.07) is 3.66. The Balaban J connectivity index is 3.00. The lowest BCUT2D eigenvalue weighted by Crippen LogP contribution is -2.18. The van der Waals surface area contributed by atoms with Crippen LogP contribution in [0.4, 0.5) is 5.82 Å². The summed E-state index contributed by atoms with van der Waals surface area (Å²) in [4.78, 5) is 4.14. The molecule has 1 rings (SSSR count). The van der Waals surface area contributed by atoms with Gasteiger partial charge in [0.2, 0.25) is 10.0 Å². The summed E-state index contributed by atoms with van der Waals surface area (Å²) in [5.41, 5.74) is 0.892. The summed E-state index contributed by atoms with van der Waals surface area (Å²) in [5.74, 6) is 0.537. The Hall–Kier alpha value is -0.620. The molecule has 0 spiro atoms. The second kappa shape index (κ2) is 5.63. The molecule has 0 amide bonds.